The Balaban J connectivity index is 2.37. The highest BCUT2D eigenvalue weighted by Crippen LogP contribution is 2.25. The fourth-order valence-electron chi connectivity index (χ4n) is 2.10. The molecule has 0 spiro atoms. The first-order chi connectivity index (χ1) is 9.54. The van der Waals surface area contributed by atoms with Crippen LogP contribution in [0.2, 0.25) is 0 Å². The smallest absolute Gasteiger partial charge is 0.339 e. The Morgan fingerprint density at radius 2 is 2.25 bits per heavy atom. The summed E-state index contributed by atoms with van der Waals surface area (Å²) in [5.74, 6) is -1.06. The third kappa shape index (κ3) is 2.72. The van der Waals surface area contributed by atoms with Crippen LogP contribution in [0.4, 0.5) is 5.69 Å². The maximum atomic E-state index is 11.3. The van der Waals surface area contributed by atoms with E-state index in [0.717, 1.165) is 6.42 Å². The molecule has 0 bridgehead atoms. The molecule has 0 amide bonds. The van der Waals surface area contributed by atoms with Crippen molar-refractivity contribution >= 4 is 22.7 Å². The van der Waals surface area contributed by atoms with Gasteiger partial charge in [-0.15, -0.1) is 0 Å². The SMILES string of the molecule is CCCC(O)CNc1c(C(=O)O)cnc2c1cnn2C. The highest BCUT2D eigenvalue weighted by molar-refractivity contribution is 6.03. The number of aryl methyl sites for hydroxylation is 1. The van der Waals surface area contributed by atoms with Gasteiger partial charge in [-0.3, -0.25) is 4.68 Å². The zero-order valence-corrected chi connectivity index (χ0v) is 11.5. The molecule has 1 unspecified atom stereocenters. The van der Waals surface area contributed by atoms with Gasteiger partial charge in [0.1, 0.15) is 5.56 Å². The number of aliphatic hydroxyl groups is 1. The molecule has 2 rings (SSSR count). The van der Waals surface area contributed by atoms with Crippen molar-refractivity contribution < 1.29 is 15.0 Å². The second-order valence-electron chi connectivity index (χ2n) is 4.68. The van der Waals surface area contributed by atoms with Gasteiger partial charge in [-0.1, -0.05) is 13.3 Å². The van der Waals surface area contributed by atoms with Crippen LogP contribution in [0, 0.1) is 0 Å². The summed E-state index contributed by atoms with van der Waals surface area (Å²) in [7, 11) is 1.74. The summed E-state index contributed by atoms with van der Waals surface area (Å²) in [6.45, 7) is 2.28. The zero-order valence-electron chi connectivity index (χ0n) is 11.5. The third-order valence-corrected chi connectivity index (χ3v) is 3.13. The summed E-state index contributed by atoms with van der Waals surface area (Å²) in [6, 6.07) is 0. The van der Waals surface area contributed by atoms with Crippen LogP contribution < -0.4 is 5.32 Å². The molecule has 0 saturated carbocycles. The van der Waals surface area contributed by atoms with Crippen molar-refractivity contribution in [2.75, 3.05) is 11.9 Å². The maximum absolute atomic E-state index is 11.3. The number of aromatic nitrogens is 3. The molecule has 0 aliphatic heterocycles. The monoisotopic (exact) mass is 278 g/mol. The molecule has 0 aliphatic carbocycles. The minimum absolute atomic E-state index is 0.0780. The summed E-state index contributed by atoms with van der Waals surface area (Å²) in [5, 5.41) is 26.7. The van der Waals surface area contributed by atoms with Gasteiger partial charge in [0.2, 0.25) is 0 Å². The Kier molecular flexibility index (Phi) is 4.19. The molecule has 0 radical (unpaired) electrons. The van der Waals surface area contributed by atoms with Crippen LogP contribution in [0.5, 0.6) is 0 Å². The first-order valence-electron chi connectivity index (χ1n) is 6.50. The van der Waals surface area contributed by atoms with Crippen LogP contribution in [0.25, 0.3) is 11.0 Å². The molecule has 0 fully saturated rings. The highest BCUT2D eigenvalue weighted by Gasteiger charge is 2.17. The lowest BCUT2D eigenvalue weighted by molar-refractivity contribution is 0.0697. The van der Waals surface area contributed by atoms with E-state index in [9.17, 15) is 15.0 Å². The van der Waals surface area contributed by atoms with Crippen LogP contribution in [-0.2, 0) is 7.05 Å². The molecule has 1 atom stereocenters. The predicted molar refractivity (Wildman–Crippen MR) is 74.9 cm³/mol. The van der Waals surface area contributed by atoms with Crippen molar-refractivity contribution in [2.45, 2.75) is 25.9 Å². The largest absolute Gasteiger partial charge is 0.478 e. The number of rotatable bonds is 6. The number of carbonyl (C=O) groups is 1. The number of pyridine rings is 1. The van der Waals surface area contributed by atoms with E-state index in [4.69, 9.17) is 0 Å². The predicted octanol–water partition coefficient (Wildman–Crippen LogP) is 1.24. The second kappa shape index (κ2) is 5.87. The van der Waals surface area contributed by atoms with Gasteiger partial charge in [0.25, 0.3) is 0 Å². The van der Waals surface area contributed by atoms with E-state index >= 15 is 0 Å². The average molecular weight is 278 g/mol. The van der Waals surface area contributed by atoms with E-state index in [2.05, 4.69) is 15.4 Å². The maximum Gasteiger partial charge on any atom is 0.339 e. The minimum atomic E-state index is -1.06. The van der Waals surface area contributed by atoms with Crippen molar-refractivity contribution in [1.29, 1.82) is 0 Å². The number of aliphatic hydroxyl groups excluding tert-OH is 1. The van der Waals surface area contributed by atoms with E-state index < -0.39 is 12.1 Å². The average Bonchev–Trinajstić information content (AvgIpc) is 2.78. The zero-order chi connectivity index (χ0) is 14.7. The Hall–Kier alpha value is -2.15. The van der Waals surface area contributed by atoms with Gasteiger partial charge in [0, 0.05) is 19.8 Å². The first-order valence-corrected chi connectivity index (χ1v) is 6.50. The van der Waals surface area contributed by atoms with Crippen LogP contribution in [0.1, 0.15) is 30.1 Å². The number of nitrogens with zero attached hydrogens (tertiary/aromatic N) is 3. The number of anilines is 1. The van der Waals surface area contributed by atoms with Gasteiger partial charge in [-0.05, 0) is 6.42 Å². The molecule has 0 aromatic carbocycles. The van der Waals surface area contributed by atoms with Crippen LogP contribution in [-0.4, -0.2) is 43.6 Å². The molecule has 7 nitrogen and oxygen atoms in total. The molecule has 3 N–H and O–H groups in total. The number of nitrogens with one attached hydrogen (secondary N) is 1. The van der Waals surface area contributed by atoms with E-state index in [-0.39, 0.29) is 5.56 Å². The van der Waals surface area contributed by atoms with Crippen LogP contribution >= 0.6 is 0 Å². The Labute approximate surface area is 116 Å². The van der Waals surface area contributed by atoms with Crippen molar-refractivity contribution in [3.8, 4) is 0 Å². The number of carboxylic acids is 1. The van der Waals surface area contributed by atoms with Crippen molar-refractivity contribution in [2.24, 2.45) is 7.05 Å². The minimum Gasteiger partial charge on any atom is -0.478 e. The lowest BCUT2D eigenvalue weighted by atomic mass is 10.1. The van der Waals surface area contributed by atoms with Crippen molar-refractivity contribution in [1.82, 2.24) is 14.8 Å². The number of carboxylic acid groups (broad SMARTS) is 1. The molecular formula is C13H18N4O3. The number of aromatic carboxylic acids is 1. The Bertz CT molecular complexity index is 623. The lowest BCUT2D eigenvalue weighted by Crippen LogP contribution is -2.20. The summed E-state index contributed by atoms with van der Waals surface area (Å²) in [4.78, 5) is 15.4. The van der Waals surface area contributed by atoms with E-state index in [1.54, 1.807) is 17.9 Å². The van der Waals surface area contributed by atoms with Gasteiger partial charge in [0.05, 0.1) is 23.4 Å². The molecule has 0 saturated heterocycles. The number of hydrogen-bond acceptors (Lipinski definition) is 5. The summed E-state index contributed by atoms with van der Waals surface area (Å²) >= 11 is 0. The lowest BCUT2D eigenvalue weighted by Gasteiger charge is -2.14. The quantitative estimate of drug-likeness (QED) is 0.735. The summed E-state index contributed by atoms with van der Waals surface area (Å²) < 4.78 is 1.58. The van der Waals surface area contributed by atoms with Gasteiger partial charge in [0.15, 0.2) is 5.65 Å². The van der Waals surface area contributed by atoms with Gasteiger partial charge >= 0.3 is 5.97 Å². The van der Waals surface area contributed by atoms with E-state index in [1.807, 2.05) is 6.92 Å². The Morgan fingerprint density at radius 3 is 2.90 bits per heavy atom. The number of fused-ring (bicyclic) bond motifs is 1. The number of hydrogen-bond donors (Lipinski definition) is 3. The van der Waals surface area contributed by atoms with Gasteiger partial charge in [-0.2, -0.15) is 5.10 Å². The fraction of sp³-hybridized carbons (Fsp3) is 0.462. The molecular weight excluding hydrogens is 260 g/mol. The first kappa shape index (κ1) is 14.3. The molecule has 108 valence electrons. The van der Waals surface area contributed by atoms with Gasteiger partial charge in [-0.25, -0.2) is 9.78 Å². The van der Waals surface area contributed by atoms with Crippen LogP contribution in [0.15, 0.2) is 12.4 Å². The molecule has 2 aromatic heterocycles. The summed E-state index contributed by atoms with van der Waals surface area (Å²) in [6.07, 6.45) is 3.90. The second-order valence-corrected chi connectivity index (χ2v) is 4.68. The van der Waals surface area contributed by atoms with Crippen molar-refractivity contribution in [3.63, 3.8) is 0 Å². The Morgan fingerprint density at radius 1 is 1.50 bits per heavy atom. The van der Waals surface area contributed by atoms with Crippen molar-refractivity contribution in [3.05, 3.63) is 18.0 Å². The van der Waals surface area contributed by atoms with E-state index in [1.165, 1.54) is 6.20 Å². The standard InChI is InChI=1S/C13H18N4O3/c1-3-4-8(18)5-14-11-9-7-16-17(2)12(9)15-6-10(11)13(19)20/h6-8,18H,3-5H2,1-2H3,(H,14,15)(H,19,20). The molecule has 20 heavy (non-hydrogen) atoms. The van der Waals surface area contributed by atoms with E-state index in [0.29, 0.717) is 29.7 Å². The molecule has 7 heteroatoms. The topological polar surface area (TPSA) is 100 Å². The van der Waals surface area contributed by atoms with Gasteiger partial charge < -0.3 is 15.5 Å². The third-order valence-electron chi connectivity index (χ3n) is 3.13. The molecule has 0 aliphatic rings. The molecule has 2 aromatic rings. The highest BCUT2D eigenvalue weighted by atomic mass is 16.4. The fourth-order valence-corrected chi connectivity index (χ4v) is 2.10. The normalized spacial score (nSPS) is 12.6. The van der Waals surface area contributed by atoms with Crippen LogP contribution in [0.3, 0.4) is 0 Å². The molecule has 2 heterocycles. The summed E-state index contributed by atoms with van der Waals surface area (Å²) in [5.41, 5.74) is 1.13.